The molecule has 4 heteroatoms. The molecular weight excluding hydrogens is 194 g/mol. The summed E-state index contributed by atoms with van der Waals surface area (Å²) in [7, 11) is 0. The second-order valence-electron chi connectivity index (χ2n) is 3.71. The van der Waals surface area contributed by atoms with E-state index in [9.17, 15) is 9.59 Å². The number of rotatable bonds is 3. The molecule has 1 aliphatic rings. The van der Waals surface area contributed by atoms with Crippen molar-refractivity contribution in [2.75, 3.05) is 0 Å². The molecule has 1 amide bonds. The Hall–Kier alpha value is -1.84. The summed E-state index contributed by atoms with van der Waals surface area (Å²) in [6.45, 7) is 0. The summed E-state index contributed by atoms with van der Waals surface area (Å²) in [6.07, 6.45) is 1.03. The summed E-state index contributed by atoms with van der Waals surface area (Å²) >= 11 is 0. The second kappa shape index (κ2) is 3.38. The van der Waals surface area contributed by atoms with Gasteiger partial charge in [0.15, 0.2) is 0 Å². The van der Waals surface area contributed by atoms with Gasteiger partial charge < -0.3 is 10.4 Å². The van der Waals surface area contributed by atoms with Crippen molar-refractivity contribution in [1.82, 2.24) is 5.32 Å². The molecule has 0 bridgehead atoms. The fraction of sp³-hybridized carbons (Fsp3) is 0.273. The molecule has 0 radical (unpaired) electrons. The van der Waals surface area contributed by atoms with E-state index in [0.29, 0.717) is 18.4 Å². The number of carboxylic acid groups (broad SMARTS) is 1. The number of benzene rings is 1. The minimum atomic E-state index is -1.01. The van der Waals surface area contributed by atoms with Gasteiger partial charge in [-0.15, -0.1) is 0 Å². The van der Waals surface area contributed by atoms with Gasteiger partial charge in [0, 0.05) is 5.56 Å². The molecule has 78 valence electrons. The van der Waals surface area contributed by atoms with E-state index in [1.165, 1.54) is 0 Å². The molecular formula is C11H11NO3. The first-order valence-corrected chi connectivity index (χ1v) is 4.75. The van der Waals surface area contributed by atoms with Crippen molar-refractivity contribution in [3.05, 3.63) is 35.9 Å². The minimum absolute atomic E-state index is 0.324. The quantitative estimate of drug-likeness (QED) is 0.774. The Morgan fingerprint density at radius 2 is 1.80 bits per heavy atom. The van der Waals surface area contributed by atoms with E-state index in [1.54, 1.807) is 30.3 Å². The highest BCUT2D eigenvalue weighted by Crippen LogP contribution is 2.35. The summed E-state index contributed by atoms with van der Waals surface area (Å²) < 4.78 is 0. The van der Waals surface area contributed by atoms with E-state index >= 15 is 0 Å². The predicted octanol–water partition coefficient (Wildman–Crippen LogP) is 1.03. The van der Waals surface area contributed by atoms with Crippen molar-refractivity contribution >= 4 is 11.9 Å². The van der Waals surface area contributed by atoms with Gasteiger partial charge in [0.05, 0.1) is 0 Å². The predicted molar refractivity (Wildman–Crippen MR) is 53.5 cm³/mol. The third-order valence-electron chi connectivity index (χ3n) is 2.55. The van der Waals surface area contributed by atoms with E-state index in [-0.39, 0.29) is 5.91 Å². The first kappa shape index (κ1) is 9.71. The fourth-order valence-electron chi connectivity index (χ4n) is 1.40. The van der Waals surface area contributed by atoms with Crippen LogP contribution in [0.1, 0.15) is 23.2 Å². The Morgan fingerprint density at radius 3 is 2.27 bits per heavy atom. The van der Waals surface area contributed by atoms with Gasteiger partial charge in [0.25, 0.3) is 5.91 Å². The molecule has 1 saturated carbocycles. The summed E-state index contributed by atoms with van der Waals surface area (Å²) in [5.41, 5.74) is -0.516. The van der Waals surface area contributed by atoms with Crippen molar-refractivity contribution in [3.63, 3.8) is 0 Å². The number of amides is 1. The van der Waals surface area contributed by atoms with E-state index in [0.717, 1.165) is 0 Å². The minimum Gasteiger partial charge on any atom is -0.480 e. The molecule has 1 aliphatic carbocycles. The molecule has 0 spiro atoms. The summed E-state index contributed by atoms with van der Waals surface area (Å²) in [5.74, 6) is -1.28. The normalized spacial score (nSPS) is 16.8. The highest BCUT2D eigenvalue weighted by molar-refractivity contribution is 5.98. The Kier molecular flexibility index (Phi) is 2.19. The van der Waals surface area contributed by atoms with Crippen LogP contribution in [0.4, 0.5) is 0 Å². The number of hydrogen-bond acceptors (Lipinski definition) is 2. The molecule has 15 heavy (non-hydrogen) atoms. The van der Waals surface area contributed by atoms with Crippen LogP contribution >= 0.6 is 0 Å². The molecule has 2 rings (SSSR count). The zero-order valence-corrected chi connectivity index (χ0v) is 8.06. The lowest BCUT2D eigenvalue weighted by molar-refractivity contribution is -0.140. The van der Waals surface area contributed by atoms with Crippen LogP contribution in [-0.4, -0.2) is 22.5 Å². The Labute approximate surface area is 86.9 Å². The molecule has 0 aliphatic heterocycles. The van der Waals surface area contributed by atoms with Crippen LogP contribution in [0.3, 0.4) is 0 Å². The van der Waals surface area contributed by atoms with E-state index in [1.807, 2.05) is 0 Å². The van der Waals surface area contributed by atoms with Crippen molar-refractivity contribution in [2.24, 2.45) is 0 Å². The molecule has 0 saturated heterocycles. The van der Waals surface area contributed by atoms with Crippen LogP contribution < -0.4 is 5.32 Å². The number of carbonyl (C=O) groups is 2. The third-order valence-corrected chi connectivity index (χ3v) is 2.55. The van der Waals surface area contributed by atoms with Crippen molar-refractivity contribution in [1.29, 1.82) is 0 Å². The smallest absolute Gasteiger partial charge is 0.329 e. The van der Waals surface area contributed by atoms with Crippen LogP contribution in [0.15, 0.2) is 30.3 Å². The van der Waals surface area contributed by atoms with E-state index in [4.69, 9.17) is 5.11 Å². The summed E-state index contributed by atoms with van der Waals surface area (Å²) in [5, 5.41) is 11.4. The average Bonchev–Trinajstić information content (AvgIpc) is 3.00. The van der Waals surface area contributed by atoms with Gasteiger partial charge >= 0.3 is 5.97 Å². The van der Waals surface area contributed by atoms with Crippen LogP contribution in [0.5, 0.6) is 0 Å². The van der Waals surface area contributed by atoms with Crippen LogP contribution in [-0.2, 0) is 4.79 Å². The van der Waals surface area contributed by atoms with Gasteiger partial charge in [-0.2, -0.15) is 0 Å². The Balaban J connectivity index is 2.08. The zero-order chi connectivity index (χ0) is 10.9. The number of aliphatic carboxylic acids is 1. The van der Waals surface area contributed by atoms with Gasteiger partial charge in [-0.3, -0.25) is 4.79 Å². The summed E-state index contributed by atoms with van der Waals surface area (Å²) in [6, 6.07) is 8.62. The first-order valence-electron chi connectivity index (χ1n) is 4.75. The first-order chi connectivity index (χ1) is 7.14. The van der Waals surface area contributed by atoms with Crippen molar-refractivity contribution in [2.45, 2.75) is 18.4 Å². The molecule has 1 aromatic rings. The monoisotopic (exact) mass is 205 g/mol. The van der Waals surface area contributed by atoms with E-state index < -0.39 is 11.5 Å². The lowest BCUT2D eigenvalue weighted by Gasteiger charge is -2.11. The largest absolute Gasteiger partial charge is 0.480 e. The maximum Gasteiger partial charge on any atom is 0.329 e. The van der Waals surface area contributed by atoms with E-state index in [2.05, 4.69) is 5.32 Å². The van der Waals surface area contributed by atoms with Crippen molar-refractivity contribution in [3.8, 4) is 0 Å². The van der Waals surface area contributed by atoms with Gasteiger partial charge in [-0.1, -0.05) is 18.2 Å². The Morgan fingerprint density at radius 1 is 1.20 bits per heavy atom. The molecule has 0 unspecified atom stereocenters. The molecule has 1 fully saturated rings. The lowest BCUT2D eigenvalue weighted by Crippen LogP contribution is -2.43. The van der Waals surface area contributed by atoms with Gasteiger partial charge in [-0.25, -0.2) is 4.79 Å². The van der Waals surface area contributed by atoms with Crippen LogP contribution in [0, 0.1) is 0 Å². The van der Waals surface area contributed by atoms with Crippen LogP contribution in [0.25, 0.3) is 0 Å². The zero-order valence-electron chi connectivity index (χ0n) is 8.06. The SMILES string of the molecule is O=C(NC1(C(=O)O)CC1)c1ccccc1. The molecule has 4 nitrogen and oxygen atoms in total. The number of hydrogen-bond donors (Lipinski definition) is 2. The average molecular weight is 205 g/mol. The van der Waals surface area contributed by atoms with Gasteiger partial charge in [0.1, 0.15) is 5.54 Å². The third kappa shape index (κ3) is 1.83. The number of carboxylic acids is 1. The molecule has 0 heterocycles. The van der Waals surface area contributed by atoms with Crippen LogP contribution in [0.2, 0.25) is 0 Å². The molecule has 0 atom stereocenters. The number of nitrogens with one attached hydrogen (secondary N) is 1. The fourth-order valence-corrected chi connectivity index (χ4v) is 1.40. The van der Waals surface area contributed by atoms with Gasteiger partial charge in [0.2, 0.25) is 0 Å². The maximum atomic E-state index is 11.6. The van der Waals surface area contributed by atoms with Gasteiger partial charge in [-0.05, 0) is 25.0 Å². The maximum absolute atomic E-state index is 11.6. The molecule has 2 N–H and O–H groups in total. The standard InChI is InChI=1S/C11H11NO3/c13-9(8-4-2-1-3-5-8)12-11(6-7-11)10(14)15/h1-5H,6-7H2,(H,12,13)(H,14,15). The topological polar surface area (TPSA) is 66.4 Å². The highest BCUT2D eigenvalue weighted by Gasteiger charge is 2.51. The highest BCUT2D eigenvalue weighted by atomic mass is 16.4. The van der Waals surface area contributed by atoms with Crippen molar-refractivity contribution < 1.29 is 14.7 Å². The lowest BCUT2D eigenvalue weighted by atomic mass is 10.2. The molecule has 1 aromatic carbocycles. The Bertz CT molecular complexity index is 396. The number of carbonyl (C=O) groups excluding carboxylic acids is 1. The summed E-state index contributed by atoms with van der Waals surface area (Å²) in [4.78, 5) is 22.5. The second-order valence-corrected chi connectivity index (χ2v) is 3.71. The molecule has 0 aromatic heterocycles.